The van der Waals surface area contributed by atoms with Crippen molar-refractivity contribution in [2.24, 2.45) is 5.92 Å². The lowest BCUT2D eigenvalue weighted by atomic mass is 9.87. The Morgan fingerprint density at radius 3 is 3.13 bits per heavy atom. The fraction of sp³-hybridized carbons (Fsp3) is 0.900. The highest BCUT2D eigenvalue weighted by Crippen LogP contribution is 2.40. The van der Waals surface area contributed by atoms with E-state index in [1.807, 2.05) is 5.06 Å². The summed E-state index contributed by atoms with van der Waals surface area (Å²) in [4.78, 5) is 17.7. The minimum absolute atomic E-state index is 0.0191. The molecule has 5 heteroatoms. The van der Waals surface area contributed by atoms with Crippen LogP contribution in [0.3, 0.4) is 0 Å². The van der Waals surface area contributed by atoms with E-state index >= 15 is 0 Å². The number of fused-ring (bicyclic) bond motifs is 3. The number of carbonyl (C=O) groups excluding carboxylic acids is 1. The lowest BCUT2D eigenvalue weighted by molar-refractivity contribution is -0.178. The molecule has 0 spiro atoms. The van der Waals surface area contributed by atoms with Gasteiger partial charge in [-0.25, -0.2) is 0 Å². The predicted octanol–water partition coefficient (Wildman–Crippen LogP) is 1.09. The van der Waals surface area contributed by atoms with Gasteiger partial charge in [0.15, 0.2) is 0 Å². The molecule has 3 fully saturated rings. The van der Waals surface area contributed by atoms with E-state index in [-0.39, 0.29) is 28.9 Å². The molecule has 0 amide bonds. The Morgan fingerprint density at radius 1 is 1.40 bits per heavy atom. The Balaban J connectivity index is 1.86. The van der Waals surface area contributed by atoms with Gasteiger partial charge in [-0.15, -0.1) is 0 Å². The number of nitrogens with zero attached hydrogens (tertiary/aromatic N) is 1. The van der Waals surface area contributed by atoms with Crippen molar-refractivity contribution in [3.63, 3.8) is 0 Å². The second-order valence-electron chi connectivity index (χ2n) is 4.45. The molecule has 84 valence electrons. The van der Waals surface area contributed by atoms with Crippen molar-refractivity contribution in [3.8, 4) is 0 Å². The molecular formula is C10H14BrNO3. The molecule has 0 aromatic rings. The molecular weight excluding hydrogens is 262 g/mol. The van der Waals surface area contributed by atoms with Crippen LogP contribution < -0.4 is 0 Å². The van der Waals surface area contributed by atoms with Crippen LogP contribution in [0.2, 0.25) is 0 Å². The van der Waals surface area contributed by atoms with Gasteiger partial charge in [0.2, 0.25) is 0 Å². The third-order valence-electron chi connectivity index (χ3n) is 3.54. The quantitative estimate of drug-likeness (QED) is 0.490. The lowest BCUT2D eigenvalue weighted by Crippen LogP contribution is -2.46. The van der Waals surface area contributed by atoms with E-state index in [0.29, 0.717) is 6.61 Å². The predicted molar refractivity (Wildman–Crippen MR) is 56.4 cm³/mol. The maximum atomic E-state index is 11.7. The average molecular weight is 276 g/mol. The first-order chi connectivity index (χ1) is 7.27. The summed E-state index contributed by atoms with van der Waals surface area (Å²) in [6.45, 7) is 1.38. The van der Waals surface area contributed by atoms with Crippen LogP contribution in [0.5, 0.6) is 0 Å². The maximum absolute atomic E-state index is 11.7. The molecule has 3 heterocycles. The highest BCUT2D eigenvalue weighted by atomic mass is 79.9. The minimum atomic E-state index is -0.0802. The van der Waals surface area contributed by atoms with Crippen molar-refractivity contribution in [2.75, 3.05) is 13.2 Å². The van der Waals surface area contributed by atoms with Crippen molar-refractivity contribution in [3.05, 3.63) is 0 Å². The van der Waals surface area contributed by atoms with E-state index < -0.39 is 0 Å². The van der Waals surface area contributed by atoms with Crippen LogP contribution >= 0.6 is 15.9 Å². The summed E-state index contributed by atoms with van der Waals surface area (Å²) in [6.07, 6.45) is 3.39. The van der Waals surface area contributed by atoms with E-state index in [1.54, 1.807) is 0 Å². The van der Waals surface area contributed by atoms with Gasteiger partial charge in [0.1, 0.15) is 18.6 Å². The van der Waals surface area contributed by atoms with E-state index in [0.717, 1.165) is 19.4 Å². The number of alkyl halides is 1. The van der Waals surface area contributed by atoms with E-state index in [4.69, 9.17) is 9.57 Å². The topological polar surface area (TPSA) is 38.8 Å². The van der Waals surface area contributed by atoms with Gasteiger partial charge in [0.25, 0.3) is 0 Å². The number of hydroxylamine groups is 2. The molecule has 0 N–H and O–H groups in total. The maximum Gasteiger partial charge on any atom is 0.313 e. The Labute approximate surface area is 97.0 Å². The summed E-state index contributed by atoms with van der Waals surface area (Å²) in [7, 11) is 0. The molecule has 0 aliphatic carbocycles. The Hall–Kier alpha value is -0.130. The average Bonchev–Trinajstić information content (AvgIpc) is 2.64. The standard InChI is InChI=1S/C10H14BrNO3/c11-6-5-14-10(13)8-7-3-1-2-4-12(7)15-9(6)8/h6-9H,1-5H2/t6-,7+,8+,9+/m0/s1. The fourth-order valence-electron chi connectivity index (χ4n) is 2.80. The van der Waals surface area contributed by atoms with Gasteiger partial charge in [-0.3, -0.25) is 9.63 Å². The van der Waals surface area contributed by atoms with Crippen LogP contribution in [-0.4, -0.2) is 41.2 Å². The van der Waals surface area contributed by atoms with Gasteiger partial charge < -0.3 is 4.74 Å². The summed E-state index contributed by atoms with van der Waals surface area (Å²) in [5.41, 5.74) is 0. The van der Waals surface area contributed by atoms with E-state index in [2.05, 4.69) is 15.9 Å². The number of ether oxygens (including phenoxy) is 1. The SMILES string of the molecule is O=C1OC[C@H](Br)[C@H]2ON3CCCC[C@@H]3[C@@H]12. The molecule has 15 heavy (non-hydrogen) atoms. The molecule has 3 saturated heterocycles. The van der Waals surface area contributed by atoms with Crippen LogP contribution in [0, 0.1) is 5.92 Å². The molecule has 4 nitrogen and oxygen atoms in total. The zero-order valence-electron chi connectivity index (χ0n) is 8.39. The molecule has 3 aliphatic heterocycles. The Kier molecular flexibility index (Phi) is 2.49. The largest absolute Gasteiger partial charge is 0.464 e. The van der Waals surface area contributed by atoms with Crippen LogP contribution in [0.4, 0.5) is 0 Å². The third kappa shape index (κ3) is 1.52. The van der Waals surface area contributed by atoms with Crippen LogP contribution in [0.1, 0.15) is 19.3 Å². The molecule has 0 aromatic carbocycles. The summed E-state index contributed by atoms with van der Waals surface area (Å²) in [6, 6.07) is 0.247. The normalized spacial score (nSPS) is 45.8. The molecule has 3 rings (SSSR count). The van der Waals surface area contributed by atoms with Crippen molar-refractivity contribution >= 4 is 21.9 Å². The van der Waals surface area contributed by atoms with Gasteiger partial charge in [0.05, 0.1) is 10.9 Å². The van der Waals surface area contributed by atoms with Gasteiger partial charge in [0, 0.05) is 6.54 Å². The molecule has 4 atom stereocenters. The molecule has 0 unspecified atom stereocenters. The van der Waals surface area contributed by atoms with Crippen molar-refractivity contribution in [1.82, 2.24) is 5.06 Å². The van der Waals surface area contributed by atoms with Gasteiger partial charge in [-0.1, -0.05) is 22.4 Å². The molecule has 0 aromatic heterocycles. The highest BCUT2D eigenvalue weighted by molar-refractivity contribution is 9.09. The number of halogens is 1. The summed E-state index contributed by atoms with van der Waals surface area (Å²) < 4.78 is 5.16. The van der Waals surface area contributed by atoms with Crippen molar-refractivity contribution in [2.45, 2.75) is 36.2 Å². The molecule has 0 bridgehead atoms. The van der Waals surface area contributed by atoms with E-state index in [9.17, 15) is 4.79 Å². The third-order valence-corrected chi connectivity index (χ3v) is 4.32. The first-order valence-corrected chi connectivity index (χ1v) is 6.43. The molecule has 0 saturated carbocycles. The second kappa shape index (κ2) is 3.71. The molecule has 3 aliphatic rings. The highest BCUT2D eigenvalue weighted by Gasteiger charge is 2.53. The first-order valence-electron chi connectivity index (χ1n) is 5.51. The Morgan fingerprint density at radius 2 is 2.27 bits per heavy atom. The number of carbonyl (C=O) groups is 1. The molecule has 0 radical (unpaired) electrons. The van der Waals surface area contributed by atoms with Crippen molar-refractivity contribution < 1.29 is 14.4 Å². The monoisotopic (exact) mass is 275 g/mol. The zero-order valence-corrected chi connectivity index (χ0v) is 9.98. The lowest BCUT2D eigenvalue weighted by Gasteiger charge is -2.30. The summed E-state index contributed by atoms with van der Waals surface area (Å²) in [5.74, 6) is -0.159. The number of piperidine rings is 1. The second-order valence-corrected chi connectivity index (χ2v) is 5.62. The number of hydrogen-bond donors (Lipinski definition) is 0. The number of hydrogen-bond acceptors (Lipinski definition) is 4. The number of rotatable bonds is 0. The van der Waals surface area contributed by atoms with Gasteiger partial charge in [-0.05, 0) is 12.8 Å². The minimum Gasteiger partial charge on any atom is -0.464 e. The van der Waals surface area contributed by atoms with Gasteiger partial charge >= 0.3 is 5.97 Å². The number of cyclic esters (lactones) is 1. The summed E-state index contributed by atoms with van der Waals surface area (Å²) >= 11 is 3.53. The first kappa shape index (κ1) is 10.1. The fourth-order valence-corrected chi connectivity index (χ4v) is 3.35. The van der Waals surface area contributed by atoms with E-state index in [1.165, 1.54) is 6.42 Å². The Bertz CT molecular complexity index is 284. The zero-order chi connectivity index (χ0) is 10.4. The number of esters is 1. The van der Waals surface area contributed by atoms with Crippen LogP contribution in [-0.2, 0) is 14.4 Å². The van der Waals surface area contributed by atoms with Crippen LogP contribution in [0.15, 0.2) is 0 Å². The summed E-state index contributed by atoms with van der Waals surface area (Å²) in [5, 5.41) is 2.00. The smallest absolute Gasteiger partial charge is 0.313 e. The van der Waals surface area contributed by atoms with Crippen LogP contribution in [0.25, 0.3) is 0 Å². The van der Waals surface area contributed by atoms with Gasteiger partial charge in [-0.2, -0.15) is 5.06 Å². The van der Waals surface area contributed by atoms with Crippen molar-refractivity contribution in [1.29, 1.82) is 0 Å².